The minimum Gasteiger partial charge on any atom is -0.467 e. The number of carbonyl (C=O) groups excluding carboxylic acids is 1. The molecule has 2 aromatic rings. The third-order valence-corrected chi connectivity index (χ3v) is 5.14. The van der Waals surface area contributed by atoms with Crippen LogP contribution in [0.4, 0.5) is 18.9 Å². The number of rotatable bonds is 8. The third kappa shape index (κ3) is 7.29. The molecule has 0 radical (unpaired) electrons. The first-order valence-electron chi connectivity index (χ1n) is 9.97. The van der Waals surface area contributed by atoms with Crippen LogP contribution in [0, 0.1) is 0 Å². The predicted molar refractivity (Wildman–Crippen MR) is 113 cm³/mol. The molecule has 0 bridgehead atoms. The Labute approximate surface area is 183 Å². The number of anilines is 1. The summed E-state index contributed by atoms with van der Waals surface area (Å²) in [5, 5.41) is 2.64. The van der Waals surface area contributed by atoms with Gasteiger partial charge in [0.1, 0.15) is 5.02 Å². The standard InChI is InChI=1S/C21H24ClF3N4O2/c22-18-13-16(14-27-20(18)31-15-21(23,24)25)19(30)26-7-4-8-28-9-11-29(12-10-28)17-5-2-1-3-6-17/h1-3,5-6,13-14H,4,7-12,15H2,(H,26,30). The lowest BCUT2D eigenvalue weighted by atomic mass is 10.2. The summed E-state index contributed by atoms with van der Waals surface area (Å²) in [5.74, 6) is -0.740. The predicted octanol–water partition coefficient (Wildman–Crippen LogP) is 3.62. The number of aromatic nitrogens is 1. The first kappa shape index (κ1) is 23.1. The number of benzene rings is 1. The van der Waals surface area contributed by atoms with Crippen molar-refractivity contribution in [3.05, 3.63) is 53.2 Å². The molecule has 31 heavy (non-hydrogen) atoms. The summed E-state index contributed by atoms with van der Waals surface area (Å²) in [7, 11) is 0. The van der Waals surface area contributed by atoms with Crippen molar-refractivity contribution in [1.29, 1.82) is 0 Å². The summed E-state index contributed by atoms with van der Waals surface area (Å²) >= 11 is 5.88. The zero-order valence-corrected chi connectivity index (χ0v) is 17.6. The molecule has 2 heterocycles. The van der Waals surface area contributed by atoms with Gasteiger partial charge < -0.3 is 15.0 Å². The van der Waals surface area contributed by atoms with Gasteiger partial charge in [-0.2, -0.15) is 13.2 Å². The number of pyridine rings is 1. The molecule has 0 unspecified atom stereocenters. The molecule has 10 heteroatoms. The second kappa shape index (κ2) is 10.7. The highest BCUT2D eigenvalue weighted by molar-refractivity contribution is 6.32. The molecule has 1 fully saturated rings. The molecule has 0 atom stereocenters. The van der Waals surface area contributed by atoms with Gasteiger partial charge in [0, 0.05) is 44.6 Å². The van der Waals surface area contributed by atoms with Gasteiger partial charge in [0.2, 0.25) is 5.88 Å². The van der Waals surface area contributed by atoms with Gasteiger partial charge in [-0.15, -0.1) is 0 Å². The number of nitrogens with zero attached hydrogens (tertiary/aromatic N) is 3. The van der Waals surface area contributed by atoms with Gasteiger partial charge in [0.15, 0.2) is 6.61 Å². The Morgan fingerprint density at radius 1 is 1.16 bits per heavy atom. The molecule has 0 saturated carbocycles. The highest BCUT2D eigenvalue weighted by atomic mass is 35.5. The van der Waals surface area contributed by atoms with Gasteiger partial charge >= 0.3 is 6.18 Å². The normalized spacial score (nSPS) is 15.0. The van der Waals surface area contributed by atoms with E-state index in [2.05, 4.69) is 37.0 Å². The Hall–Kier alpha value is -2.52. The highest BCUT2D eigenvalue weighted by Crippen LogP contribution is 2.25. The highest BCUT2D eigenvalue weighted by Gasteiger charge is 2.29. The van der Waals surface area contributed by atoms with Gasteiger partial charge in [-0.25, -0.2) is 4.98 Å². The number of piperazine rings is 1. The minimum absolute atomic E-state index is 0.145. The summed E-state index contributed by atoms with van der Waals surface area (Å²) in [6.45, 7) is 3.69. The van der Waals surface area contributed by atoms with E-state index in [-0.39, 0.29) is 22.4 Å². The van der Waals surface area contributed by atoms with E-state index in [1.54, 1.807) is 0 Å². The van der Waals surface area contributed by atoms with Crippen molar-refractivity contribution >= 4 is 23.2 Å². The van der Waals surface area contributed by atoms with Crippen LogP contribution in [0.5, 0.6) is 5.88 Å². The molecule has 1 N–H and O–H groups in total. The molecule has 1 aromatic carbocycles. The van der Waals surface area contributed by atoms with Crippen molar-refractivity contribution in [2.24, 2.45) is 0 Å². The number of hydrogen-bond acceptors (Lipinski definition) is 5. The number of para-hydroxylation sites is 1. The molecule has 1 amide bonds. The zero-order valence-electron chi connectivity index (χ0n) is 16.9. The van der Waals surface area contributed by atoms with Crippen LogP contribution in [0.25, 0.3) is 0 Å². The van der Waals surface area contributed by atoms with Gasteiger partial charge in [-0.1, -0.05) is 29.8 Å². The fourth-order valence-corrected chi connectivity index (χ4v) is 3.50. The number of amides is 1. The van der Waals surface area contributed by atoms with Crippen molar-refractivity contribution in [1.82, 2.24) is 15.2 Å². The topological polar surface area (TPSA) is 57.7 Å². The second-order valence-electron chi connectivity index (χ2n) is 7.19. The van der Waals surface area contributed by atoms with E-state index in [0.717, 1.165) is 45.3 Å². The maximum Gasteiger partial charge on any atom is 0.422 e. The molecular formula is C21H24ClF3N4O2. The first-order valence-corrected chi connectivity index (χ1v) is 10.4. The molecule has 1 aliphatic rings. The van der Waals surface area contributed by atoms with Crippen LogP contribution in [-0.2, 0) is 0 Å². The molecule has 168 valence electrons. The van der Waals surface area contributed by atoms with Crippen molar-refractivity contribution < 1.29 is 22.7 Å². The Morgan fingerprint density at radius 3 is 2.52 bits per heavy atom. The number of alkyl halides is 3. The van der Waals surface area contributed by atoms with Gasteiger partial charge in [0.05, 0.1) is 5.56 Å². The SMILES string of the molecule is O=C(NCCCN1CCN(c2ccccc2)CC1)c1cnc(OCC(F)(F)F)c(Cl)c1. The van der Waals surface area contributed by atoms with Crippen LogP contribution in [0.2, 0.25) is 5.02 Å². The second-order valence-corrected chi connectivity index (χ2v) is 7.60. The van der Waals surface area contributed by atoms with Gasteiger partial charge in [-0.3, -0.25) is 9.69 Å². The summed E-state index contributed by atoms with van der Waals surface area (Å²) < 4.78 is 41.2. The Bertz CT molecular complexity index is 859. The molecule has 1 aromatic heterocycles. The number of carbonyl (C=O) groups is 1. The molecule has 0 spiro atoms. The molecular weight excluding hydrogens is 433 g/mol. The Kier molecular flexibility index (Phi) is 7.97. The van der Waals surface area contributed by atoms with Crippen LogP contribution >= 0.6 is 11.6 Å². The van der Waals surface area contributed by atoms with E-state index < -0.39 is 12.8 Å². The number of hydrogen-bond donors (Lipinski definition) is 1. The van der Waals surface area contributed by atoms with Crippen molar-refractivity contribution in [3.8, 4) is 5.88 Å². The molecule has 1 aliphatic heterocycles. The molecule has 3 rings (SSSR count). The Morgan fingerprint density at radius 2 is 1.87 bits per heavy atom. The monoisotopic (exact) mass is 456 g/mol. The maximum atomic E-state index is 12.2. The molecule has 6 nitrogen and oxygen atoms in total. The number of halogens is 4. The Balaban J connectivity index is 1.36. The van der Waals surface area contributed by atoms with E-state index in [1.807, 2.05) is 18.2 Å². The van der Waals surface area contributed by atoms with E-state index in [4.69, 9.17) is 11.6 Å². The van der Waals surface area contributed by atoms with E-state index in [0.29, 0.717) is 6.54 Å². The van der Waals surface area contributed by atoms with Crippen molar-refractivity contribution in [3.63, 3.8) is 0 Å². The van der Waals surface area contributed by atoms with Crippen LogP contribution < -0.4 is 15.0 Å². The average molecular weight is 457 g/mol. The quantitative estimate of drug-likeness (QED) is 0.615. The largest absolute Gasteiger partial charge is 0.467 e. The van der Waals surface area contributed by atoms with Crippen LogP contribution in [0.3, 0.4) is 0 Å². The summed E-state index contributed by atoms with van der Waals surface area (Å²) in [5.41, 5.74) is 1.40. The van der Waals surface area contributed by atoms with Crippen LogP contribution in [0.1, 0.15) is 16.8 Å². The summed E-state index contributed by atoms with van der Waals surface area (Å²) in [6, 6.07) is 11.6. The van der Waals surface area contributed by atoms with Crippen LogP contribution in [-0.4, -0.2) is 67.8 Å². The van der Waals surface area contributed by atoms with E-state index in [1.165, 1.54) is 11.8 Å². The lowest BCUT2D eigenvalue weighted by Gasteiger charge is -2.36. The molecule has 0 aliphatic carbocycles. The average Bonchev–Trinajstić information content (AvgIpc) is 2.76. The van der Waals surface area contributed by atoms with Crippen LogP contribution in [0.15, 0.2) is 42.6 Å². The van der Waals surface area contributed by atoms with Gasteiger partial charge in [0.25, 0.3) is 5.91 Å². The number of ether oxygens (including phenoxy) is 1. The molecule has 1 saturated heterocycles. The van der Waals surface area contributed by atoms with Crippen molar-refractivity contribution in [2.45, 2.75) is 12.6 Å². The van der Waals surface area contributed by atoms with Gasteiger partial charge in [-0.05, 0) is 31.2 Å². The third-order valence-electron chi connectivity index (χ3n) is 4.87. The number of nitrogens with one attached hydrogen (secondary N) is 1. The smallest absolute Gasteiger partial charge is 0.422 e. The lowest BCUT2D eigenvalue weighted by Crippen LogP contribution is -2.47. The van der Waals surface area contributed by atoms with E-state index in [9.17, 15) is 18.0 Å². The van der Waals surface area contributed by atoms with Crippen molar-refractivity contribution in [2.75, 3.05) is 50.8 Å². The fourth-order valence-electron chi connectivity index (χ4n) is 3.28. The first-order chi connectivity index (χ1) is 14.8. The minimum atomic E-state index is -4.49. The zero-order chi connectivity index (χ0) is 22.3. The summed E-state index contributed by atoms with van der Waals surface area (Å²) in [6.07, 6.45) is -2.56. The fraction of sp³-hybridized carbons (Fsp3) is 0.429. The van der Waals surface area contributed by atoms with E-state index >= 15 is 0 Å². The maximum absolute atomic E-state index is 12.2. The summed E-state index contributed by atoms with van der Waals surface area (Å²) in [4.78, 5) is 20.6. The lowest BCUT2D eigenvalue weighted by molar-refractivity contribution is -0.154.